The summed E-state index contributed by atoms with van der Waals surface area (Å²) in [5.41, 5.74) is 3.79. The molecule has 1 amide bonds. The van der Waals surface area contributed by atoms with Gasteiger partial charge in [0.15, 0.2) is 0 Å². The third kappa shape index (κ3) is 4.49. The second-order valence-electron chi connectivity index (χ2n) is 7.13. The fourth-order valence-electron chi connectivity index (χ4n) is 3.32. The molecule has 1 aromatic heterocycles. The van der Waals surface area contributed by atoms with Crippen LogP contribution in [0.5, 0.6) is 5.75 Å². The maximum atomic E-state index is 13.0. The van der Waals surface area contributed by atoms with E-state index in [9.17, 15) is 14.7 Å². The number of aryl methyl sites for hydroxylation is 2. The largest absolute Gasteiger partial charge is 0.497 e. The van der Waals surface area contributed by atoms with Crippen molar-refractivity contribution in [1.29, 1.82) is 0 Å². The number of aromatic amines is 1. The number of H-pyrrole nitrogens is 1. The molecule has 152 valence electrons. The van der Waals surface area contributed by atoms with Crippen LogP contribution in [0.25, 0.3) is 10.9 Å². The van der Waals surface area contributed by atoms with Crippen LogP contribution in [0, 0.1) is 13.8 Å². The van der Waals surface area contributed by atoms with Crippen molar-refractivity contribution in [2.45, 2.75) is 26.8 Å². The Labute approximate surface area is 169 Å². The number of hydrogen-bond donors (Lipinski definition) is 2. The number of methoxy groups -OCH3 is 1. The number of rotatable bonds is 7. The van der Waals surface area contributed by atoms with Crippen molar-refractivity contribution in [2.75, 3.05) is 20.3 Å². The third-order valence-corrected chi connectivity index (χ3v) is 5.20. The van der Waals surface area contributed by atoms with Gasteiger partial charge in [0.1, 0.15) is 5.75 Å². The maximum absolute atomic E-state index is 13.0. The van der Waals surface area contributed by atoms with Crippen molar-refractivity contribution >= 4 is 16.8 Å². The van der Waals surface area contributed by atoms with Crippen LogP contribution < -0.4 is 10.3 Å². The lowest BCUT2D eigenvalue weighted by atomic mass is 10.0. The number of nitrogens with one attached hydrogen (secondary N) is 1. The second-order valence-corrected chi connectivity index (χ2v) is 7.13. The lowest BCUT2D eigenvalue weighted by Gasteiger charge is -2.23. The van der Waals surface area contributed by atoms with E-state index >= 15 is 0 Å². The van der Waals surface area contributed by atoms with Crippen molar-refractivity contribution in [3.05, 3.63) is 75.1 Å². The summed E-state index contributed by atoms with van der Waals surface area (Å²) in [4.78, 5) is 30.3. The zero-order valence-corrected chi connectivity index (χ0v) is 17.0. The summed E-state index contributed by atoms with van der Waals surface area (Å²) in [5, 5.41) is 10.2. The highest BCUT2D eigenvalue weighted by atomic mass is 16.5. The number of pyridine rings is 1. The zero-order valence-electron chi connectivity index (χ0n) is 17.0. The molecule has 0 aliphatic carbocycles. The van der Waals surface area contributed by atoms with Crippen LogP contribution in [0.3, 0.4) is 0 Å². The van der Waals surface area contributed by atoms with Crippen LogP contribution in [0.15, 0.2) is 47.3 Å². The van der Waals surface area contributed by atoms with E-state index in [1.54, 1.807) is 36.3 Å². The molecule has 0 aliphatic heterocycles. The lowest BCUT2D eigenvalue weighted by Crippen LogP contribution is -2.34. The molecule has 0 radical (unpaired) electrons. The van der Waals surface area contributed by atoms with Gasteiger partial charge in [-0.3, -0.25) is 9.59 Å². The van der Waals surface area contributed by atoms with Gasteiger partial charge >= 0.3 is 0 Å². The highest BCUT2D eigenvalue weighted by Gasteiger charge is 2.18. The summed E-state index contributed by atoms with van der Waals surface area (Å²) >= 11 is 0. The Morgan fingerprint density at radius 1 is 1.14 bits per heavy atom. The van der Waals surface area contributed by atoms with Crippen molar-refractivity contribution in [3.63, 3.8) is 0 Å². The van der Waals surface area contributed by atoms with E-state index in [0.29, 0.717) is 29.8 Å². The van der Waals surface area contributed by atoms with Gasteiger partial charge in [-0.15, -0.1) is 0 Å². The van der Waals surface area contributed by atoms with Gasteiger partial charge in [-0.25, -0.2) is 0 Å². The number of carbonyl (C=O) groups is 1. The number of benzene rings is 2. The first-order valence-electron chi connectivity index (χ1n) is 9.61. The molecule has 0 saturated carbocycles. The van der Waals surface area contributed by atoms with E-state index in [1.165, 1.54) is 0 Å². The summed E-state index contributed by atoms with van der Waals surface area (Å²) < 4.78 is 5.14. The molecule has 0 fully saturated rings. The number of hydrogen-bond acceptors (Lipinski definition) is 4. The topological polar surface area (TPSA) is 82.6 Å². The predicted molar refractivity (Wildman–Crippen MR) is 113 cm³/mol. The van der Waals surface area contributed by atoms with E-state index in [-0.39, 0.29) is 24.6 Å². The average molecular weight is 394 g/mol. The first-order valence-corrected chi connectivity index (χ1v) is 9.61. The Hall–Kier alpha value is -3.12. The quantitative estimate of drug-likeness (QED) is 0.645. The van der Waals surface area contributed by atoms with Crippen molar-refractivity contribution in [3.8, 4) is 5.75 Å². The monoisotopic (exact) mass is 394 g/mol. The van der Waals surface area contributed by atoms with E-state index in [1.807, 2.05) is 32.0 Å². The van der Waals surface area contributed by atoms with Crippen molar-refractivity contribution in [2.24, 2.45) is 0 Å². The molecule has 0 aliphatic rings. The molecule has 0 unspecified atom stereocenters. The molecule has 0 atom stereocenters. The number of ether oxygens (including phenoxy) is 1. The minimum Gasteiger partial charge on any atom is -0.497 e. The van der Waals surface area contributed by atoms with Crippen LogP contribution in [0.1, 0.15) is 33.5 Å². The molecule has 3 aromatic rings. The van der Waals surface area contributed by atoms with E-state index in [0.717, 1.165) is 22.0 Å². The first-order chi connectivity index (χ1) is 13.9. The Balaban J connectivity index is 1.93. The maximum Gasteiger partial charge on any atom is 0.254 e. The molecule has 6 heteroatoms. The Morgan fingerprint density at radius 3 is 2.52 bits per heavy atom. The van der Waals surface area contributed by atoms with Crippen molar-refractivity contribution in [1.82, 2.24) is 9.88 Å². The number of aliphatic hydroxyl groups excluding tert-OH is 1. The van der Waals surface area contributed by atoms with Crippen LogP contribution in [0.2, 0.25) is 0 Å². The van der Waals surface area contributed by atoms with Gasteiger partial charge in [-0.2, -0.15) is 0 Å². The van der Waals surface area contributed by atoms with Crippen LogP contribution >= 0.6 is 0 Å². The van der Waals surface area contributed by atoms with Crippen LogP contribution in [-0.4, -0.2) is 41.2 Å². The van der Waals surface area contributed by atoms with Gasteiger partial charge in [0.05, 0.1) is 19.2 Å². The number of fused-ring (bicyclic) bond motifs is 1. The van der Waals surface area contributed by atoms with Gasteiger partial charge in [0.2, 0.25) is 0 Å². The molecule has 3 rings (SSSR count). The van der Waals surface area contributed by atoms with E-state index < -0.39 is 0 Å². The number of aliphatic hydroxyl groups is 1. The third-order valence-electron chi connectivity index (χ3n) is 5.20. The normalized spacial score (nSPS) is 10.9. The summed E-state index contributed by atoms with van der Waals surface area (Å²) in [6.07, 6.45) is 0.436. The SMILES string of the molecule is COc1ccc(C(=O)N(CCCO)Cc2cc3ccc(C)c(C)c3[nH]c2=O)cc1. The van der Waals surface area contributed by atoms with Crippen LogP contribution in [0.4, 0.5) is 0 Å². The van der Waals surface area contributed by atoms with Gasteiger partial charge in [0, 0.05) is 24.3 Å². The number of nitrogens with zero attached hydrogens (tertiary/aromatic N) is 1. The van der Waals surface area contributed by atoms with Gasteiger partial charge < -0.3 is 19.7 Å². The Kier molecular flexibility index (Phi) is 6.34. The molecular weight excluding hydrogens is 368 g/mol. The van der Waals surface area contributed by atoms with Gasteiger partial charge in [-0.05, 0) is 67.1 Å². The fraction of sp³-hybridized carbons (Fsp3) is 0.304. The Bertz CT molecular complexity index is 1070. The molecule has 29 heavy (non-hydrogen) atoms. The fourth-order valence-corrected chi connectivity index (χ4v) is 3.32. The summed E-state index contributed by atoms with van der Waals surface area (Å²) in [6, 6.07) is 12.7. The smallest absolute Gasteiger partial charge is 0.254 e. The minimum absolute atomic E-state index is 0.0288. The molecule has 1 heterocycles. The summed E-state index contributed by atoms with van der Waals surface area (Å²) in [5.74, 6) is 0.473. The summed E-state index contributed by atoms with van der Waals surface area (Å²) in [6.45, 7) is 4.48. The summed E-state index contributed by atoms with van der Waals surface area (Å²) in [7, 11) is 1.57. The average Bonchev–Trinajstić information content (AvgIpc) is 2.74. The Morgan fingerprint density at radius 2 is 1.86 bits per heavy atom. The number of amides is 1. The van der Waals surface area contributed by atoms with Gasteiger partial charge in [0.25, 0.3) is 11.5 Å². The standard InChI is InChI=1S/C23H26N2O4/c1-15-5-6-18-13-19(22(27)24-21(18)16(15)2)14-25(11-4-12-26)23(28)17-7-9-20(29-3)10-8-17/h5-10,13,26H,4,11-12,14H2,1-3H3,(H,24,27). The number of carbonyl (C=O) groups excluding carboxylic acids is 1. The number of aromatic nitrogens is 1. The molecule has 0 bridgehead atoms. The highest BCUT2D eigenvalue weighted by molar-refractivity contribution is 5.94. The second kappa shape index (κ2) is 8.92. The van der Waals surface area contributed by atoms with Gasteiger partial charge in [-0.1, -0.05) is 12.1 Å². The van der Waals surface area contributed by atoms with E-state index in [4.69, 9.17) is 4.74 Å². The molecule has 6 nitrogen and oxygen atoms in total. The molecular formula is C23H26N2O4. The van der Waals surface area contributed by atoms with E-state index in [2.05, 4.69) is 4.98 Å². The zero-order chi connectivity index (χ0) is 21.0. The predicted octanol–water partition coefficient (Wildman–Crippen LogP) is 3.18. The first kappa shape index (κ1) is 20.6. The highest BCUT2D eigenvalue weighted by Crippen LogP contribution is 2.20. The molecule has 0 saturated heterocycles. The molecule has 2 aromatic carbocycles. The lowest BCUT2D eigenvalue weighted by molar-refractivity contribution is 0.0731. The molecule has 2 N–H and O–H groups in total. The molecule has 0 spiro atoms. The van der Waals surface area contributed by atoms with Crippen LogP contribution in [-0.2, 0) is 6.54 Å². The van der Waals surface area contributed by atoms with Crippen molar-refractivity contribution < 1.29 is 14.6 Å². The minimum atomic E-state index is -0.206.